The van der Waals surface area contributed by atoms with Crippen molar-refractivity contribution in [3.8, 4) is 0 Å². The number of morpholine rings is 1. The van der Waals surface area contributed by atoms with Crippen LogP contribution in [0.3, 0.4) is 0 Å². The van der Waals surface area contributed by atoms with Crippen molar-refractivity contribution in [3.05, 3.63) is 51.9 Å². The number of carbonyl (C=O) groups excluding carboxylic acids is 2. The van der Waals surface area contributed by atoms with Crippen molar-refractivity contribution in [3.63, 3.8) is 0 Å². The van der Waals surface area contributed by atoms with Crippen LogP contribution in [0.25, 0.3) is 10.9 Å². The Labute approximate surface area is 189 Å². The van der Waals surface area contributed by atoms with E-state index in [9.17, 15) is 14.0 Å². The van der Waals surface area contributed by atoms with Gasteiger partial charge in [-0.1, -0.05) is 6.92 Å². The molecule has 31 heavy (non-hydrogen) atoms. The molecule has 1 saturated heterocycles. The predicted octanol–water partition coefficient (Wildman–Crippen LogP) is 3.74. The SMILES string of the molecule is CC[C@H](OC(=O)CN1CCOCC1)c1csc(C(=O)c2c[nH]c3cc(F)ccc23)n1.Cl. The third-order valence-corrected chi connectivity index (χ3v) is 5.89. The highest BCUT2D eigenvalue weighted by molar-refractivity contribution is 7.12. The molecular weight excluding hydrogens is 445 g/mol. The zero-order valence-corrected chi connectivity index (χ0v) is 18.6. The lowest BCUT2D eigenvalue weighted by Gasteiger charge is -2.26. The molecule has 1 fully saturated rings. The number of nitrogens with zero attached hydrogens (tertiary/aromatic N) is 2. The highest BCUT2D eigenvalue weighted by atomic mass is 35.5. The fourth-order valence-electron chi connectivity index (χ4n) is 3.43. The largest absolute Gasteiger partial charge is 0.455 e. The molecule has 10 heteroatoms. The smallest absolute Gasteiger partial charge is 0.320 e. The molecule has 3 heterocycles. The van der Waals surface area contributed by atoms with Gasteiger partial charge in [0.05, 0.1) is 31.0 Å². The van der Waals surface area contributed by atoms with Gasteiger partial charge in [0.25, 0.3) is 0 Å². The van der Waals surface area contributed by atoms with E-state index in [1.165, 1.54) is 23.5 Å². The van der Waals surface area contributed by atoms with E-state index in [4.69, 9.17) is 9.47 Å². The highest BCUT2D eigenvalue weighted by Gasteiger charge is 2.24. The van der Waals surface area contributed by atoms with Crippen LogP contribution in [0.4, 0.5) is 4.39 Å². The van der Waals surface area contributed by atoms with E-state index in [-0.39, 0.29) is 36.5 Å². The minimum atomic E-state index is -0.506. The lowest BCUT2D eigenvalue weighted by atomic mass is 10.1. The lowest BCUT2D eigenvalue weighted by molar-refractivity contribution is -0.152. The first-order valence-electron chi connectivity index (χ1n) is 9.81. The molecule has 0 aliphatic carbocycles. The number of hydrogen-bond donors (Lipinski definition) is 1. The summed E-state index contributed by atoms with van der Waals surface area (Å²) in [7, 11) is 0. The standard InChI is InChI=1S/C21H22FN3O4S.ClH/c1-2-18(29-19(26)11-25-5-7-28-8-6-25)17-12-30-21(24-17)20(27)15-10-23-16-9-13(22)3-4-14(15)16;/h3-4,9-10,12,18,23H,2,5-8,11H2,1H3;1H/t18-;/m0./s1. The minimum absolute atomic E-state index is 0. The number of hydrogen-bond acceptors (Lipinski definition) is 7. The van der Waals surface area contributed by atoms with Crippen LogP contribution in [-0.4, -0.2) is 59.5 Å². The van der Waals surface area contributed by atoms with Crippen LogP contribution in [0.2, 0.25) is 0 Å². The summed E-state index contributed by atoms with van der Waals surface area (Å²) in [5, 5.41) is 2.69. The Morgan fingerprint density at radius 1 is 1.35 bits per heavy atom. The van der Waals surface area contributed by atoms with Gasteiger partial charge in [-0.3, -0.25) is 14.5 Å². The molecule has 1 aliphatic rings. The van der Waals surface area contributed by atoms with E-state index in [1.54, 1.807) is 17.6 Å². The number of esters is 1. The summed E-state index contributed by atoms with van der Waals surface area (Å²) in [5.74, 6) is -0.938. The first-order chi connectivity index (χ1) is 14.5. The molecule has 0 saturated carbocycles. The normalized spacial score (nSPS) is 15.4. The molecule has 4 rings (SSSR count). The lowest BCUT2D eigenvalue weighted by Crippen LogP contribution is -2.40. The van der Waals surface area contributed by atoms with Crippen molar-refractivity contribution in [2.24, 2.45) is 0 Å². The van der Waals surface area contributed by atoms with Crippen molar-refractivity contribution >= 4 is 46.4 Å². The van der Waals surface area contributed by atoms with Gasteiger partial charge in [-0.2, -0.15) is 0 Å². The van der Waals surface area contributed by atoms with Crippen LogP contribution in [0, 0.1) is 5.82 Å². The average molecular weight is 468 g/mol. The summed E-state index contributed by atoms with van der Waals surface area (Å²) in [5.41, 5.74) is 1.55. The Balaban J connectivity index is 0.00000272. The maximum absolute atomic E-state index is 13.4. The molecule has 1 N–H and O–H groups in total. The predicted molar refractivity (Wildman–Crippen MR) is 117 cm³/mol. The number of aromatic nitrogens is 2. The second-order valence-electron chi connectivity index (χ2n) is 7.07. The number of aromatic amines is 1. The Bertz CT molecular complexity index is 1060. The van der Waals surface area contributed by atoms with Crippen LogP contribution in [0.15, 0.2) is 29.8 Å². The van der Waals surface area contributed by atoms with Crippen molar-refractivity contribution in [1.82, 2.24) is 14.9 Å². The van der Waals surface area contributed by atoms with E-state index in [1.807, 2.05) is 11.8 Å². The van der Waals surface area contributed by atoms with Gasteiger partial charge in [-0.25, -0.2) is 9.37 Å². The van der Waals surface area contributed by atoms with Gasteiger partial charge in [0.2, 0.25) is 5.78 Å². The number of rotatable bonds is 7. The highest BCUT2D eigenvalue weighted by Crippen LogP contribution is 2.27. The quantitative estimate of drug-likeness (QED) is 0.421. The Morgan fingerprint density at radius 2 is 2.13 bits per heavy atom. The molecule has 1 atom stereocenters. The fraction of sp³-hybridized carbons (Fsp3) is 0.381. The number of benzene rings is 1. The van der Waals surface area contributed by atoms with Gasteiger partial charge in [0.1, 0.15) is 11.9 Å². The van der Waals surface area contributed by atoms with Crippen LogP contribution >= 0.6 is 23.7 Å². The van der Waals surface area contributed by atoms with Gasteiger partial charge in [0.15, 0.2) is 5.01 Å². The summed E-state index contributed by atoms with van der Waals surface area (Å²) in [6, 6.07) is 4.24. The average Bonchev–Trinajstić information content (AvgIpc) is 3.39. The van der Waals surface area contributed by atoms with Crippen molar-refractivity contribution in [2.75, 3.05) is 32.8 Å². The second kappa shape index (κ2) is 10.3. The number of ether oxygens (including phenoxy) is 2. The molecule has 0 spiro atoms. The van der Waals surface area contributed by atoms with E-state index < -0.39 is 6.10 Å². The molecule has 0 unspecified atom stereocenters. The molecule has 3 aromatic rings. The molecule has 1 aromatic carbocycles. The summed E-state index contributed by atoms with van der Waals surface area (Å²) < 4.78 is 24.3. The van der Waals surface area contributed by atoms with E-state index in [0.29, 0.717) is 59.9 Å². The van der Waals surface area contributed by atoms with Gasteiger partial charge in [0, 0.05) is 35.6 Å². The molecule has 0 amide bonds. The monoisotopic (exact) mass is 467 g/mol. The van der Waals surface area contributed by atoms with E-state index in [0.717, 1.165) is 0 Å². The number of carbonyl (C=O) groups is 2. The van der Waals surface area contributed by atoms with Gasteiger partial charge >= 0.3 is 5.97 Å². The van der Waals surface area contributed by atoms with Crippen molar-refractivity contribution in [2.45, 2.75) is 19.4 Å². The molecule has 0 radical (unpaired) electrons. The van der Waals surface area contributed by atoms with E-state index >= 15 is 0 Å². The number of halogens is 2. The van der Waals surface area contributed by atoms with Gasteiger partial charge < -0.3 is 14.5 Å². The summed E-state index contributed by atoms with van der Waals surface area (Å²) in [6.45, 7) is 4.75. The Morgan fingerprint density at radius 3 is 2.87 bits per heavy atom. The molecule has 1 aliphatic heterocycles. The molecule has 166 valence electrons. The zero-order valence-electron chi connectivity index (χ0n) is 16.9. The number of ketones is 1. The summed E-state index contributed by atoms with van der Waals surface area (Å²) >= 11 is 1.21. The van der Waals surface area contributed by atoms with Gasteiger partial charge in [-0.15, -0.1) is 23.7 Å². The maximum Gasteiger partial charge on any atom is 0.320 e. The topological polar surface area (TPSA) is 84.5 Å². The summed E-state index contributed by atoms with van der Waals surface area (Å²) in [6.07, 6.45) is 1.61. The Hall–Kier alpha value is -2.33. The number of thiazole rings is 1. The van der Waals surface area contributed by atoms with Gasteiger partial charge in [-0.05, 0) is 24.6 Å². The number of fused-ring (bicyclic) bond motifs is 1. The minimum Gasteiger partial charge on any atom is -0.455 e. The zero-order chi connectivity index (χ0) is 21.1. The molecule has 7 nitrogen and oxygen atoms in total. The van der Waals surface area contributed by atoms with E-state index in [2.05, 4.69) is 9.97 Å². The van der Waals surface area contributed by atoms with Crippen LogP contribution in [0.5, 0.6) is 0 Å². The third kappa shape index (κ3) is 5.30. The first-order valence-corrected chi connectivity index (χ1v) is 10.7. The van der Waals surface area contributed by atoms with Crippen LogP contribution in [0.1, 0.15) is 40.5 Å². The molecule has 2 aromatic heterocycles. The third-order valence-electron chi connectivity index (χ3n) is 5.04. The second-order valence-corrected chi connectivity index (χ2v) is 7.93. The number of H-pyrrole nitrogens is 1. The molecular formula is C21H23ClFN3O4S. The van der Waals surface area contributed by atoms with Crippen LogP contribution < -0.4 is 0 Å². The van der Waals surface area contributed by atoms with Crippen molar-refractivity contribution < 1.29 is 23.5 Å². The Kier molecular flexibility index (Phi) is 7.77. The fourth-order valence-corrected chi connectivity index (χ4v) is 4.24. The number of nitrogens with one attached hydrogen (secondary N) is 1. The van der Waals surface area contributed by atoms with Crippen LogP contribution in [-0.2, 0) is 14.3 Å². The van der Waals surface area contributed by atoms with Crippen molar-refractivity contribution in [1.29, 1.82) is 0 Å². The molecule has 0 bridgehead atoms. The first kappa shape index (κ1) is 23.3. The summed E-state index contributed by atoms with van der Waals surface area (Å²) in [4.78, 5) is 34.6. The maximum atomic E-state index is 13.4.